The smallest absolute Gasteiger partial charge is 0.335 e. The first-order valence-corrected chi connectivity index (χ1v) is 5.60. The Labute approximate surface area is 101 Å². The molecule has 0 aliphatic heterocycles. The number of aromatic carboxylic acids is 1. The zero-order valence-electron chi connectivity index (χ0n) is 10.1. The van der Waals surface area contributed by atoms with Crippen LogP contribution in [-0.2, 0) is 11.2 Å². The quantitative estimate of drug-likeness (QED) is 0.846. The number of carboxylic acids is 1. The van der Waals surface area contributed by atoms with Crippen LogP contribution in [0.15, 0.2) is 24.3 Å². The van der Waals surface area contributed by atoms with E-state index in [0.29, 0.717) is 0 Å². The molecule has 0 fully saturated rings. The van der Waals surface area contributed by atoms with Crippen molar-refractivity contribution in [1.82, 2.24) is 4.90 Å². The Morgan fingerprint density at radius 1 is 1.35 bits per heavy atom. The van der Waals surface area contributed by atoms with Gasteiger partial charge in [0.15, 0.2) is 0 Å². The van der Waals surface area contributed by atoms with Crippen LogP contribution in [0.5, 0.6) is 0 Å². The molecule has 1 aromatic carbocycles. The van der Waals surface area contributed by atoms with Crippen LogP contribution in [0.25, 0.3) is 0 Å². The highest BCUT2D eigenvalue weighted by atomic mass is 16.4. The van der Waals surface area contributed by atoms with Gasteiger partial charge in [0.2, 0.25) is 5.91 Å². The second kappa shape index (κ2) is 6.03. The Bertz CT molecular complexity index is 415. The van der Waals surface area contributed by atoms with Crippen molar-refractivity contribution in [3.05, 3.63) is 35.4 Å². The number of benzene rings is 1. The van der Waals surface area contributed by atoms with Crippen molar-refractivity contribution in [3.63, 3.8) is 0 Å². The van der Waals surface area contributed by atoms with Crippen LogP contribution in [0.4, 0.5) is 0 Å². The van der Waals surface area contributed by atoms with E-state index in [4.69, 9.17) is 5.11 Å². The van der Waals surface area contributed by atoms with Crippen LogP contribution >= 0.6 is 0 Å². The fourth-order valence-electron chi connectivity index (χ4n) is 1.58. The standard InChI is InChI=1S/C13H17NO3/c1-3-7-14(2)12(15)9-10-5-4-6-11(8-10)13(16)17/h4-6,8H,3,7,9H2,1-2H3,(H,16,17). The summed E-state index contributed by atoms with van der Waals surface area (Å²) in [7, 11) is 1.76. The molecule has 1 amide bonds. The van der Waals surface area contributed by atoms with Gasteiger partial charge in [0, 0.05) is 13.6 Å². The maximum absolute atomic E-state index is 11.8. The van der Waals surface area contributed by atoms with Crippen molar-refractivity contribution in [2.24, 2.45) is 0 Å². The molecule has 0 spiro atoms. The first kappa shape index (κ1) is 13.2. The minimum atomic E-state index is -0.971. The Balaban J connectivity index is 2.71. The molecule has 0 aliphatic carbocycles. The lowest BCUT2D eigenvalue weighted by atomic mass is 10.1. The second-order valence-corrected chi connectivity index (χ2v) is 4.00. The number of carboxylic acid groups (broad SMARTS) is 1. The Morgan fingerprint density at radius 2 is 2.06 bits per heavy atom. The van der Waals surface area contributed by atoms with Crippen LogP contribution in [0.1, 0.15) is 29.3 Å². The van der Waals surface area contributed by atoms with Crippen molar-refractivity contribution in [2.75, 3.05) is 13.6 Å². The van der Waals surface area contributed by atoms with Crippen LogP contribution in [-0.4, -0.2) is 35.5 Å². The summed E-state index contributed by atoms with van der Waals surface area (Å²) in [5, 5.41) is 8.84. The minimum Gasteiger partial charge on any atom is -0.478 e. The molecule has 0 unspecified atom stereocenters. The highest BCUT2D eigenvalue weighted by Gasteiger charge is 2.10. The third kappa shape index (κ3) is 3.90. The lowest BCUT2D eigenvalue weighted by molar-refractivity contribution is -0.129. The summed E-state index contributed by atoms with van der Waals surface area (Å²) >= 11 is 0. The number of hydrogen-bond acceptors (Lipinski definition) is 2. The molecule has 0 radical (unpaired) electrons. The molecule has 0 heterocycles. The SMILES string of the molecule is CCCN(C)C(=O)Cc1cccc(C(=O)O)c1. The third-order valence-corrected chi connectivity index (χ3v) is 2.51. The van der Waals surface area contributed by atoms with Crippen LogP contribution < -0.4 is 0 Å². The Hall–Kier alpha value is -1.84. The first-order chi connectivity index (χ1) is 8.04. The van der Waals surface area contributed by atoms with Gasteiger partial charge in [-0.1, -0.05) is 19.1 Å². The molecule has 92 valence electrons. The van der Waals surface area contributed by atoms with E-state index in [1.54, 1.807) is 30.1 Å². The third-order valence-electron chi connectivity index (χ3n) is 2.51. The van der Waals surface area contributed by atoms with Gasteiger partial charge in [0.1, 0.15) is 0 Å². The molecule has 17 heavy (non-hydrogen) atoms. The molecule has 1 N–H and O–H groups in total. The normalized spacial score (nSPS) is 10.0. The monoisotopic (exact) mass is 235 g/mol. The van der Waals surface area contributed by atoms with Gasteiger partial charge in [0.05, 0.1) is 12.0 Å². The molecule has 1 aromatic rings. The summed E-state index contributed by atoms with van der Waals surface area (Å²) in [5.74, 6) is -0.962. The molecular weight excluding hydrogens is 218 g/mol. The molecule has 1 rings (SSSR count). The van der Waals surface area contributed by atoms with Gasteiger partial charge in [-0.15, -0.1) is 0 Å². The van der Waals surface area contributed by atoms with E-state index in [-0.39, 0.29) is 17.9 Å². The van der Waals surface area contributed by atoms with Gasteiger partial charge in [-0.3, -0.25) is 4.79 Å². The van der Waals surface area contributed by atoms with E-state index in [0.717, 1.165) is 18.5 Å². The number of nitrogens with zero attached hydrogens (tertiary/aromatic N) is 1. The Kier molecular flexibility index (Phi) is 4.69. The van der Waals surface area contributed by atoms with Gasteiger partial charge in [-0.05, 0) is 24.1 Å². The van der Waals surface area contributed by atoms with Crippen LogP contribution in [0.3, 0.4) is 0 Å². The van der Waals surface area contributed by atoms with Crippen molar-refractivity contribution in [1.29, 1.82) is 0 Å². The fraction of sp³-hybridized carbons (Fsp3) is 0.385. The van der Waals surface area contributed by atoms with Crippen molar-refractivity contribution in [2.45, 2.75) is 19.8 Å². The Morgan fingerprint density at radius 3 is 2.65 bits per heavy atom. The van der Waals surface area contributed by atoms with E-state index < -0.39 is 5.97 Å². The summed E-state index contributed by atoms with van der Waals surface area (Å²) in [6.07, 6.45) is 1.16. The number of rotatable bonds is 5. The molecule has 4 heteroatoms. The molecule has 0 atom stereocenters. The van der Waals surface area contributed by atoms with E-state index in [1.165, 1.54) is 6.07 Å². The minimum absolute atomic E-state index is 0.00869. The van der Waals surface area contributed by atoms with E-state index in [2.05, 4.69) is 0 Å². The summed E-state index contributed by atoms with van der Waals surface area (Å²) in [5.41, 5.74) is 0.950. The summed E-state index contributed by atoms with van der Waals surface area (Å²) in [4.78, 5) is 24.2. The highest BCUT2D eigenvalue weighted by molar-refractivity contribution is 5.88. The predicted octanol–water partition coefficient (Wildman–Crippen LogP) is 1.80. The maximum atomic E-state index is 11.8. The largest absolute Gasteiger partial charge is 0.478 e. The van der Waals surface area contributed by atoms with Gasteiger partial charge < -0.3 is 10.0 Å². The number of likely N-dealkylation sites (N-methyl/N-ethyl adjacent to an activating group) is 1. The lowest BCUT2D eigenvalue weighted by Gasteiger charge is -2.16. The van der Waals surface area contributed by atoms with Crippen molar-refractivity contribution in [3.8, 4) is 0 Å². The lowest BCUT2D eigenvalue weighted by Crippen LogP contribution is -2.28. The molecule has 4 nitrogen and oxygen atoms in total. The zero-order valence-corrected chi connectivity index (χ0v) is 10.1. The molecule has 0 aromatic heterocycles. The van der Waals surface area contributed by atoms with Gasteiger partial charge in [0.25, 0.3) is 0 Å². The predicted molar refractivity (Wildman–Crippen MR) is 65.0 cm³/mol. The highest BCUT2D eigenvalue weighted by Crippen LogP contribution is 2.07. The number of carbonyl (C=O) groups excluding carboxylic acids is 1. The number of hydrogen-bond donors (Lipinski definition) is 1. The van der Waals surface area contributed by atoms with E-state index >= 15 is 0 Å². The van der Waals surface area contributed by atoms with Crippen LogP contribution in [0, 0.1) is 0 Å². The number of carbonyl (C=O) groups is 2. The summed E-state index contributed by atoms with van der Waals surface area (Å²) in [6.45, 7) is 2.73. The van der Waals surface area contributed by atoms with E-state index in [9.17, 15) is 9.59 Å². The van der Waals surface area contributed by atoms with Crippen molar-refractivity contribution >= 4 is 11.9 Å². The number of amides is 1. The van der Waals surface area contributed by atoms with Gasteiger partial charge in [-0.2, -0.15) is 0 Å². The summed E-state index contributed by atoms with van der Waals surface area (Å²) in [6, 6.07) is 6.49. The fourth-order valence-corrected chi connectivity index (χ4v) is 1.58. The zero-order chi connectivity index (χ0) is 12.8. The van der Waals surface area contributed by atoms with Crippen LogP contribution in [0.2, 0.25) is 0 Å². The topological polar surface area (TPSA) is 57.6 Å². The molecule has 0 saturated heterocycles. The average molecular weight is 235 g/mol. The molecule has 0 bridgehead atoms. The molecule has 0 saturated carbocycles. The van der Waals surface area contributed by atoms with Gasteiger partial charge in [-0.25, -0.2) is 4.79 Å². The van der Waals surface area contributed by atoms with Gasteiger partial charge >= 0.3 is 5.97 Å². The summed E-state index contributed by atoms with van der Waals surface area (Å²) < 4.78 is 0. The maximum Gasteiger partial charge on any atom is 0.335 e. The average Bonchev–Trinajstić information content (AvgIpc) is 2.29. The van der Waals surface area contributed by atoms with E-state index in [1.807, 2.05) is 6.92 Å². The molecular formula is C13H17NO3. The molecule has 0 aliphatic rings. The first-order valence-electron chi connectivity index (χ1n) is 5.60. The second-order valence-electron chi connectivity index (χ2n) is 4.00. The van der Waals surface area contributed by atoms with Crippen molar-refractivity contribution < 1.29 is 14.7 Å².